The summed E-state index contributed by atoms with van der Waals surface area (Å²) in [6.07, 6.45) is 1.98. The molecule has 1 unspecified atom stereocenters. The van der Waals surface area contributed by atoms with E-state index in [1.807, 2.05) is 30.3 Å². The lowest BCUT2D eigenvalue weighted by Gasteiger charge is -2.17. The Kier molecular flexibility index (Phi) is 5.46. The zero-order valence-electron chi connectivity index (χ0n) is 11.2. The van der Waals surface area contributed by atoms with Gasteiger partial charge < -0.3 is 5.32 Å². The molecule has 2 nitrogen and oxygen atoms in total. The van der Waals surface area contributed by atoms with Crippen molar-refractivity contribution >= 4 is 17.3 Å². The Labute approximate surface area is 125 Å². The van der Waals surface area contributed by atoms with Gasteiger partial charge in [0.15, 0.2) is 0 Å². The number of hydrogen-bond donors (Lipinski definition) is 1. The minimum atomic E-state index is 0.227. The number of benzene rings is 2. The first-order valence-corrected chi connectivity index (χ1v) is 7.22. The number of alkyl halides is 1. The van der Waals surface area contributed by atoms with Crippen molar-refractivity contribution in [2.45, 2.75) is 18.9 Å². The quantitative estimate of drug-likeness (QED) is 0.807. The van der Waals surface area contributed by atoms with Crippen LogP contribution in [0.15, 0.2) is 54.6 Å². The average Bonchev–Trinajstić information content (AvgIpc) is 2.53. The third kappa shape index (κ3) is 4.29. The zero-order chi connectivity index (χ0) is 14.2. The number of anilines is 1. The average molecular weight is 285 g/mol. The van der Waals surface area contributed by atoms with E-state index in [2.05, 4.69) is 35.7 Å². The van der Waals surface area contributed by atoms with Crippen LogP contribution < -0.4 is 5.32 Å². The molecule has 0 radical (unpaired) electrons. The first-order chi connectivity index (χ1) is 9.81. The molecule has 20 heavy (non-hydrogen) atoms. The third-order valence-electron chi connectivity index (χ3n) is 3.20. The van der Waals surface area contributed by atoms with E-state index < -0.39 is 0 Å². The van der Waals surface area contributed by atoms with Gasteiger partial charge >= 0.3 is 0 Å². The highest BCUT2D eigenvalue weighted by Crippen LogP contribution is 2.14. The maximum Gasteiger partial charge on any atom is 0.0991 e. The second-order valence-corrected chi connectivity index (χ2v) is 5.02. The van der Waals surface area contributed by atoms with E-state index in [0.717, 1.165) is 18.5 Å². The highest BCUT2D eigenvalue weighted by atomic mass is 35.5. The molecule has 0 aliphatic rings. The summed E-state index contributed by atoms with van der Waals surface area (Å²) in [7, 11) is 0. The third-order valence-corrected chi connectivity index (χ3v) is 3.57. The van der Waals surface area contributed by atoms with Gasteiger partial charge in [0, 0.05) is 17.6 Å². The molecule has 0 heterocycles. The van der Waals surface area contributed by atoms with Gasteiger partial charge in [-0.15, -0.1) is 11.6 Å². The second-order valence-electron chi connectivity index (χ2n) is 4.71. The Bertz CT molecular complexity index is 558. The van der Waals surface area contributed by atoms with Crippen molar-refractivity contribution in [2.75, 3.05) is 11.2 Å². The van der Waals surface area contributed by atoms with Crippen molar-refractivity contribution in [3.63, 3.8) is 0 Å². The summed E-state index contributed by atoms with van der Waals surface area (Å²) in [5.74, 6) is 0.562. The minimum Gasteiger partial charge on any atom is -0.381 e. The smallest absolute Gasteiger partial charge is 0.0991 e. The van der Waals surface area contributed by atoms with Crippen LogP contribution in [0.25, 0.3) is 0 Å². The Balaban J connectivity index is 1.90. The molecule has 0 amide bonds. The SMILES string of the molecule is N#Cc1ccc(NC(CCl)CCc2ccccc2)cc1. The number of nitrogens with one attached hydrogen (secondary N) is 1. The largest absolute Gasteiger partial charge is 0.381 e. The summed E-state index contributed by atoms with van der Waals surface area (Å²) in [6.45, 7) is 0. The molecule has 0 bridgehead atoms. The van der Waals surface area contributed by atoms with Gasteiger partial charge in [0.05, 0.1) is 11.6 Å². The van der Waals surface area contributed by atoms with Gasteiger partial charge in [-0.3, -0.25) is 0 Å². The number of rotatable bonds is 6. The van der Waals surface area contributed by atoms with E-state index >= 15 is 0 Å². The van der Waals surface area contributed by atoms with Crippen LogP contribution in [0.1, 0.15) is 17.5 Å². The van der Waals surface area contributed by atoms with Crippen LogP contribution in [0.4, 0.5) is 5.69 Å². The lowest BCUT2D eigenvalue weighted by Crippen LogP contribution is -2.22. The van der Waals surface area contributed by atoms with E-state index in [-0.39, 0.29) is 6.04 Å². The van der Waals surface area contributed by atoms with Crippen molar-refractivity contribution in [3.05, 3.63) is 65.7 Å². The number of nitriles is 1. The van der Waals surface area contributed by atoms with Crippen molar-refractivity contribution in [1.29, 1.82) is 5.26 Å². The minimum absolute atomic E-state index is 0.227. The van der Waals surface area contributed by atoms with Crippen LogP contribution in [-0.4, -0.2) is 11.9 Å². The number of hydrogen-bond acceptors (Lipinski definition) is 2. The first kappa shape index (κ1) is 14.4. The highest BCUT2D eigenvalue weighted by molar-refractivity contribution is 6.18. The molecular weight excluding hydrogens is 268 g/mol. The second kappa shape index (κ2) is 7.57. The predicted octanol–water partition coefficient (Wildman–Crippen LogP) is 4.21. The molecule has 102 valence electrons. The fourth-order valence-corrected chi connectivity index (χ4v) is 2.28. The summed E-state index contributed by atoms with van der Waals surface area (Å²) >= 11 is 6.03. The molecule has 0 aromatic heterocycles. The summed E-state index contributed by atoms with van der Waals surface area (Å²) in [6, 6.07) is 20.2. The maximum absolute atomic E-state index is 8.78. The zero-order valence-corrected chi connectivity index (χ0v) is 12.0. The molecule has 0 aliphatic heterocycles. The van der Waals surface area contributed by atoms with Crippen molar-refractivity contribution in [1.82, 2.24) is 0 Å². The molecule has 2 rings (SSSR count). The van der Waals surface area contributed by atoms with Crippen molar-refractivity contribution in [3.8, 4) is 6.07 Å². The van der Waals surface area contributed by atoms with Crippen LogP contribution >= 0.6 is 11.6 Å². The van der Waals surface area contributed by atoms with Crippen LogP contribution in [0, 0.1) is 11.3 Å². The Morgan fingerprint density at radius 1 is 1.05 bits per heavy atom. The molecule has 3 heteroatoms. The summed E-state index contributed by atoms with van der Waals surface area (Å²) in [5.41, 5.74) is 2.99. The van der Waals surface area contributed by atoms with Gasteiger partial charge in [-0.05, 0) is 42.7 Å². The van der Waals surface area contributed by atoms with Gasteiger partial charge in [-0.25, -0.2) is 0 Å². The fourth-order valence-electron chi connectivity index (χ4n) is 2.05. The van der Waals surface area contributed by atoms with E-state index in [1.165, 1.54) is 5.56 Å². The van der Waals surface area contributed by atoms with E-state index in [0.29, 0.717) is 11.4 Å². The molecule has 2 aromatic carbocycles. The lowest BCUT2D eigenvalue weighted by atomic mass is 10.1. The molecule has 0 fully saturated rings. The van der Waals surface area contributed by atoms with E-state index in [4.69, 9.17) is 16.9 Å². The van der Waals surface area contributed by atoms with Crippen LogP contribution in [0.2, 0.25) is 0 Å². The Morgan fingerprint density at radius 3 is 2.35 bits per heavy atom. The van der Waals surface area contributed by atoms with Crippen LogP contribution in [0.5, 0.6) is 0 Å². The van der Waals surface area contributed by atoms with Gasteiger partial charge in [0.25, 0.3) is 0 Å². The first-order valence-electron chi connectivity index (χ1n) is 6.68. The van der Waals surface area contributed by atoms with Crippen LogP contribution in [-0.2, 0) is 6.42 Å². The molecule has 0 aliphatic carbocycles. The maximum atomic E-state index is 8.78. The van der Waals surface area contributed by atoms with Gasteiger partial charge in [0.1, 0.15) is 0 Å². The normalized spacial score (nSPS) is 11.6. The lowest BCUT2D eigenvalue weighted by molar-refractivity contribution is 0.711. The number of aryl methyl sites for hydroxylation is 1. The van der Waals surface area contributed by atoms with Crippen molar-refractivity contribution in [2.24, 2.45) is 0 Å². The summed E-state index contributed by atoms with van der Waals surface area (Å²) in [4.78, 5) is 0. The van der Waals surface area contributed by atoms with Crippen LogP contribution in [0.3, 0.4) is 0 Å². The molecule has 1 N–H and O–H groups in total. The molecule has 0 spiro atoms. The Morgan fingerprint density at radius 2 is 1.75 bits per heavy atom. The highest BCUT2D eigenvalue weighted by Gasteiger charge is 2.07. The summed E-state index contributed by atoms with van der Waals surface area (Å²) < 4.78 is 0. The topological polar surface area (TPSA) is 35.8 Å². The molecular formula is C17H17ClN2. The number of nitrogens with zero attached hydrogens (tertiary/aromatic N) is 1. The molecule has 1 atom stereocenters. The molecule has 0 saturated carbocycles. The predicted molar refractivity (Wildman–Crippen MR) is 84.1 cm³/mol. The molecule has 2 aromatic rings. The molecule has 0 saturated heterocycles. The van der Waals surface area contributed by atoms with Gasteiger partial charge in [-0.1, -0.05) is 30.3 Å². The standard InChI is InChI=1S/C17H17ClN2/c18-12-17(11-6-14-4-2-1-3-5-14)20-16-9-7-15(13-19)8-10-16/h1-5,7-10,17,20H,6,11-12H2. The van der Waals surface area contributed by atoms with Gasteiger partial charge in [0.2, 0.25) is 0 Å². The Hall–Kier alpha value is -1.98. The van der Waals surface area contributed by atoms with E-state index in [9.17, 15) is 0 Å². The number of halogens is 1. The summed E-state index contributed by atoms with van der Waals surface area (Å²) in [5, 5.41) is 12.2. The van der Waals surface area contributed by atoms with Crippen molar-refractivity contribution < 1.29 is 0 Å². The van der Waals surface area contributed by atoms with E-state index in [1.54, 1.807) is 0 Å². The fraction of sp³-hybridized carbons (Fsp3) is 0.235. The monoisotopic (exact) mass is 284 g/mol. The van der Waals surface area contributed by atoms with Gasteiger partial charge in [-0.2, -0.15) is 5.26 Å².